The smallest absolute Gasteiger partial charge is 0.263 e. The minimum absolute atomic E-state index is 0.0678. The van der Waals surface area contributed by atoms with Crippen molar-refractivity contribution in [2.45, 2.75) is 37.6 Å². The van der Waals surface area contributed by atoms with Crippen LogP contribution in [0.25, 0.3) is 0 Å². The van der Waals surface area contributed by atoms with E-state index >= 15 is 0 Å². The fourth-order valence-electron chi connectivity index (χ4n) is 3.14. The van der Waals surface area contributed by atoms with Gasteiger partial charge in [-0.25, -0.2) is 8.42 Å². The maximum atomic E-state index is 13.1. The van der Waals surface area contributed by atoms with Crippen LogP contribution < -0.4 is 5.32 Å². The third-order valence-electron chi connectivity index (χ3n) is 4.46. The van der Waals surface area contributed by atoms with E-state index in [1.165, 1.54) is 15.2 Å². The van der Waals surface area contributed by atoms with Gasteiger partial charge in [-0.2, -0.15) is 9.40 Å². The Kier molecular flexibility index (Phi) is 5.43. The molecule has 0 saturated carbocycles. The first kappa shape index (κ1) is 18.6. The molecule has 0 radical (unpaired) electrons. The van der Waals surface area contributed by atoms with Gasteiger partial charge < -0.3 is 5.32 Å². The summed E-state index contributed by atoms with van der Waals surface area (Å²) in [7, 11) is -2.18. The van der Waals surface area contributed by atoms with E-state index in [1.807, 2.05) is 25.1 Å². The first-order valence-electron chi connectivity index (χ1n) is 8.80. The monoisotopic (exact) mass is 376 g/mol. The number of carbonyl (C=O) groups excluding carboxylic acids is 1. The standard InChI is InChI=1S/C18H24N4O3S/c1-14-8-7-9-15(12-14)19-17(23)16-13-21(2)20-18(16)26(24,25)22-10-5-3-4-6-11-22/h7-9,12-13H,3-6,10-11H2,1-2H3,(H,19,23). The van der Waals surface area contributed by atoms with Gasteiger partial charge in [-0.15, -0.1) is 0 Å². The zero-order valence-corrected chi connectivity index (χ0v) is 15.9. The third kappa shape index (κ3) is 3.96. The average Bonchev–Trinajstić information content (AvgIpc) is 2.81. The van der Waals surface area contributed by atoms with Crippen molar-refractivity contribution in [2.75, 3.05) is 18.4 Å². The average molecular weight is 376 g/mol. The van der Waals surface area contributed by atoms with Gasteiger partial charge in [-0.1, -0.05) is 25.0 Å². The van der Waals surface area contributed by atoms with Crippen LogP contribution in [0.3, 0.4) is 0 Å². The third-order valence-corrected chi connectivity index (χ3v) is 6.30. The van der Waals surface area contributed by atoms with Crippen molar-refractivity contribution in [3.05, 3.63) is 41.6 Å². The molecule has 0 aliphatic carbocycles. The van der Waals surface area contributed by atoms with Crippen LogP contribution >= 0.6 is 0 Å². The molecule has 0 atom stereocenters. The Morgan fingerprint density at radius 1 is 1.15 bits per heavy atom. The zero-order chi connectivity index (χ0) is 18.7. The number of hydrogen-bond donors (Lipinski definition) is 1. The quantitative estimate of drug-likeness (QED) is 0.889. The summed E-state index contributed by atoms with van der Waals surface area (Å²) in [5.74, 6) is -0.475. The molecule has 1 fully saturated rings. The van der Waals surface area contributed by atoms with Crippen molar-refractivity contribution < 1.29 is 13.2 Å². The molecule has 1 aliphatic rings. The number of anilines is 1. The van der Waals surface area contributed by atoms with Crippen LogP contribution in [-0.4, -0.2) is 41.5 Å². The zero-order valence-electron chi connectivity index (χ0n) is 15.1. The molecule has 8 heteroatoms. The second-order valence-corrected chi connectivity index (χ2v) is 8.52. The predicted molar refractivity (Wildman–Crippen MR) is 99.6 cm³/mol. The summed E-state index contributed by atoms with van der Waals surface area (Å²) in [5.41, 5.74) is 1.70. The van der Waals surface area contributed by atoms with Crippen LogP contribution in [-0.2, 0) is 17.1 Å². The van der Waals surface area contributed by atoms with Gasteiger partial charge in [0.15, 0.2) is 0 Å². The van der Waals surface area contributed by atoms with Crippen molar-refractivity contribution in [2.24, 2.45) is 7.05 Å². The summed E-state index contributed by atoms with van der Waals surface area (Å²) in [6.45, 7) is 2.87. The van der Waals surface area contributed by atoms with Crippen LogP contribution in [0.5, 0.6) is 0 Å². The number of nitrogens with zero attached hydrogens (tertiary/aromatic N) is 3. The van der Waals surface area contributed by atoms with Gasteiger partial charge in [-0.3, -0.25) is 9.48 Å². The van der Waals surface area contributed by atoms with Crippen molar-refractivity contribution in [1.29, 1.82) is 0 Å². The number of nitrogens with one attached hydrogen (secondary N) is 1. The fourth-order valence-corrected chi connectivity index (χ4v) is 4.78. The molecule has 3 rings (SSSR count). The molecule has 1 saturated heterocycles. The van der Waals surface area contributed by atoms with Crippen LogP contribution in [0.1, 0.15) is 41.6 Å². The summed E-state index contributed by atoms with van der Waals surface area (Å²) in [6.07, 6.45) is 5.16. The molecule has 0 unspecified atom stereocenters. The van der Waals surface area contributed by atoms with Gasteiger partial charge in [0.2, 0.25) is 5.03 Å². The normalized spacial score (nSPS) is 16.2. The van der Waals surface area contributed by atoms with E-state index in [9.17, 15) is 13.2 Å². The number of carbonyl (C=O) groups is 1. The van der Waals surface area contributed by atoms with Gasteiger partial charge in [0, 0.05) is 32.0 Å². The fraction of sp³-hybridized carbons (Fsp3) is 0.444. The molecular weight excluding hydrogens is 352 g/mol. The molecule has 1 amide bonds. The Labute approximate surface area is 154 Å². The van der Waals surface area contributed by atoms with Crippen molar-refractivity contribution in [3.63, 3.8) is 0 Å². The van der Waals surface area contributed by atoms with Gasteiger partial charge in [0.05, 0.1) is 5.56 Å². The lowest BCUT2D eigenvalue weighted by Crippen LogP contribution is -2.33. The minimum Gasteiger partial charge on any atom is -0.322 e. The molecule has 1 aromatic heterocycles. The molecule has 26 heavy (non-hydrogen) atoms. The lowest BCUT2D eigenvalue weighted by molar-refractivity contribution is 0.102. The second kappa shape index (κ2) is 7.59. The summed E-state index contributed by atoms with van der Waals surface area (Å²) in [6, 6.07) is 7.36. The number of aryl methyl sites for hydroxylation is 2. The highest BCUT2D eigenvalue weighted by atomic mass is 32.2. The Morgan fingerprint density at radius 3 is 2.50 bits per heavy atom. The van der Waals surface area contributed by atoms with E-state index in [2.05, 4.69) is 10.4 Å². The highest BCUT2D eigenvalue weighted by Crippen LogP contribution is 2.23. The molecule has 7 nitrogen and oxygen atoms in total. The first-order chi connectivity index (χ1) is 12.4. The predicted octanol–water partition coefficient (Wildman–Crippen LogP) is 2.55. The number of amides is 1. The van der Waals surface area contributed by atoms with E-state index in [4.69, 9.17) is 0 Å². The topological polar surface area (TPSA) is 84.3 Å². The SMILES string of the molecule is Cc1cccc(NC(=O)c2cn(C)nc2S(=O)(=O)N2CCCCCC2)c1. The van der Waals surface area contributed by atoms with Crippen molar-refractivity contribution in [1.82, 2.24) is 14.1 Å². The highest BCUT2D eigenvalue weighted by molar-refractivity contribution is 7.89. The number of aromatic nitrogens is 2. The number of sulfonamides is 1. The van der Waals surface area contributed by atoms with Gasteiger partial charge in [0.1, 0.15) is 0 Å². The van der Waals surface area contributed by atoms with Crippen LogP contribution in [0.15, 0.2) is 35.5 Å². The molecule has 0 bridgehead atoms. The van der Waals surface area contributed by atoms with E-state index in [-0.39, 0.29) is 10.6 Å². The van der Waals surface area contributed by atoms with Gasteiger partial charge in [0.25, 0.3) is 15.9 Å². The van der Waals surface area contributed by atoms with E-state index in [0.29, 0.717) is 18.8 Å². The molecule has 0 spiro atoms. The Hall–Kier alpha value is -2.19. The molecule has 1 aliphatic heterocycles. The van der Waals surface area contributed by atoms with Crippen LogP contribution in [0, 0.1) is 6.92 Å². The Balaban J connectivity index is 1.91. The summed E-state index contributed by atoms with van der Waals surface area (Å²) in [4.78, 5) is 12.7. The molecule has 1 N–H and O–H groups in total. The Morgan fingerprint density at radius 2 is 1.85 bits per heavy atom. The lowest BCUT2D eigenvalue weighted by atomic mass is 10.2. The highest BCUT2D eigenvalue weighted by Gasteiger charge is 2.32. The summed E-state index contributed by atoms with van der Waals surface area (Å²) >= 11 is 0. The van der Waals surface area contributed by atoms with E-state index in [0.717, 1.165) is 31.2 Å². The van der Waals surface area contributed by atoms with E-state index < -0.39 is 15.9 Å². The largest absolute Gasteiger partial charge is 0.322 e. The molecule has 1 aromatic carbocycles. The van der Waals surface area contributed by atoms with Gasteiger partial charge >= 0.3 is 0 Å². The van der Waals surface area contributed by atoms with Crippen molar-refractivity contribution in [3.8, 4) is 0 Å². The van der Waals surface area contributed by atoms with Crippen molar-refractivity contribution >= 4 is 21.6 Å². The minimum atomic E-state index is -3.80. The van der Waals surface area contributed by atoms with Crippen LogP contribution in [0.4, 0.5) is 5.69 Å². The molecule has 140 valence electrons. The second-order valence-electron chi connectivity index (χ2n) is 6.66. The maximum Gasteiger partial charge on any atom is 0.263 e. The summed E-state index contributed by atoms with van der Waals surface area (Å²) in [5, 5.41) is 6.69. The number of benzene rings is 1. The molecule has 2 heterocycles. The molecular formula is C18H24N4O3S. The van der Waals surface area contributed by atoms with E-state index in [1.54, 1.807) is 13.1 Å². The van der Waals surface area contributed by atoms with Gasteiger partial charge in [-0.05, 0) is 37.5 Å². The maximum absolute atomic E-state index is 13.1. The van der Waals surface area contributed by atoms with Crippen LogP contribution in [0.2, 0.25) is 0 Å². The molecule has 2 aromatic rings. The summed E-state index contributed by atoms with van der Waals surface area (Å²) < 4.78 is 28.9. The first-order valence-corrected chi connectivity index (χ1v) is 10.2. The lowest BCUT2D eigenvalue weighted by Gasteiger charge is -2.19. The number of rotatable bonds is 4. The Bertz CT molecular complexity index is 897. The number of hydrogen-bond acceptors (Lipinski definition) is 4.